The molecule has 6 nitrogen and oxygen atoms in total. The number of benzene rings is 1. The normalized spacial score (nSPS) is 20.2. The lowest BCUT2D eigenvalue weighted by atomic mass is 9.97. The first-order chi connectivity index (χ1) is 15.7. The van der Waals surface area contributed by atoms with Crippen LogP contribution in [0.3, 0.4) is 0 Å². The topological polar surface area (TPSA) is 57.2 Å². The third-order valence-electron chi connectivity index (χ3n) is 5.31. The first-order valence-electron chi connectivity index (χ1n) is 10.6. The molecule has 0 atom stereocenters. The van der Waals surface area contributed by atoms with Crippen molar-refractivity contribution >= 4 is 17.3 Å². The van der Waals surface area contributed by atoms with E-state index in [1.165, 1.54) is 30.5 Å². The summed E-state index contributed by atoms with van der Waals surface area (Å²) in [5.41, 5.74) is 3.17. The van der Waals surface area contributed by atoms with Gasteiger partial charge in [0.05, 0.1) is 5.71 Å². The summed E-state index contributed by atoms with van der Waals surface area (Å²) in [5, 5.41) is 3.16. The molecular formula is C24H27F3N4O2. The van der Waals surface area contributed by atoms with Crippen LogP contribution in [-0.2, 0) is 4.79 Å². The van der Waals surface area contributed by atoms with Crippen molar-refractivity contribution in [3.8, 4) is 5.75 Å². The zero-order valence-electron chi connectivity index (χ0n) is 18.7. The summed E-state index contributed by atoms with van der Waals surface area (Å²) in [4.78, 5) is 21.4. The minimum absolute atomic E-state index is 0.0387. The molecule has 1 aromatic rings. The maximum absolute atomic E-state index is 13.0. The molecule has 0 bridgehead atoms. The third-order valence-corrected chi connectivity index (χ3v) is 5.31. The van der Waals surface area contributed by atoms with Gasteiger partial charge in [-0.2, -0.15) is 0 Å². The van der Waals surface area contributed by atoms with Gasteiger partial charge in [-0.25, -0.2) is 0 Å². The highest BCUT2D eigenvalue weighted by molar-refractivity contribution is 6.17. The van der Waals surface area contributed by atoms with Gasteiger partial charge in [0.1, 0.15) is 5.75 Å². The minimum atomic E-state index is -4.74. The van der Waals surface area contributed by atoms with Gasteiger partial charge in [-0.15, -0.1) is 13.2 Å². The van der Waals surface area contributed by atoms with Crippen LogP contribution in [0.1, 0.15) is 13.3 Å². The molecule has 3 rings (SSSR count). The second-order valence-electron chi connectivity index (χ2n) is 7.81. The molecule has 1 N–H and O–H groups in total. The van der Waals surface area contributed by atoms with Crippen LogP contribution < -0.4 is 10.1 Å². The lowest BCUT2D eigenvalue weighted by Crippen LogP contribution is -2.35. The number of amides is 1. The van der Waals surface area contributed by atoms with E-state index in [1.807, 2.05) is 24.9 Å². The summed E-state index contributed by atoms with van der Waals surface area (Å²) >= 11 is 0. The Kier molecular flexibility index (Phi) is 7.75. The van der Waals surface area contributed by atoms with Crippen molar-refractivity contribution in [1.29, 1.82) is 0 Å². The maximum atomic E-state index is 13.0. The fourth-order valence-corrected chi connectivity index (χ4v) is 3.64. The molecule has 33 heavy (non-hydrogen) atoms. The van der Waals surface area contributed by atoms with Gasteiger partial charge in [-0.05, 0) is 63.4 Å². The predicted octanol–water partition coefficient (Wildman–Crippen LogP) is 4.52. The Morgan fingerprint density at radius 1 is 1.15 bits per heavy atom. The Hall–Kier alpha value is -3.33. The first kappa shape index (κ1) is 24.3. The molecule has 176 valence electrons. The van der Waals surface area contributed by atoms with Gasteiger partial charge in [-0.1, -0.05) is 12.7 Å². The van der Waals surface area contributed by atoms with Crippen LogP contribution in [-0.4, -0.2) is 61.0 Å². The van der Waals surface area contributed by atoms with Crippen LogP contribution in [0.4, 0.5) is 18.9 Å². The lowest BCUT2D eigenvalue weighted by Gasteiger charge is -2.23. The fourth-order valence-electron chi connectivity index (χ4n) is 3.64. The molecule has 1 saturated heterocycles. The molecule has 0 aromatic heterocycles. The summed E-state index contributed by atoms with van der Waals surface area (Å²) in [6, 6.07) is 5.45. The van der Waals surface area contributed by atoms with E-state index < -0.39 is 6.36 Å². The van der Waals surface area contributed by atoms with Gasteiger partial charge in [0.25, 0.3) is 5.91 Å². The molecular weight excluding hydrogens is 433 g/mol. The molecule has 1 fully saturated rings. The van der Waals surface area contributed by atoms with Crippen molar-refractivity contribution in [3.63, 3.8) is 0 Å². The Balaban J connectivity index is 1.76. The predicted molar refractivity (Wildman–Crippen MR) is 123 cm³/mol. The van der Waals surface area contributed by atoms with Gasteiger partial charge in [0.2, 0.25) is 0 Å². The Morgan fingerprint density at radius 2 is 1.88 bits per heavy atom. The van der Waals surface area contributed by atoms with E-state index in [1.54, 1.807) is 12.2 Å². The van der Waals surface area contributed by atoms with E-state index in [0.717, 1.165) is 30.8 Å². The van der Waals surface area contributed by atoms with Crippen LogP contribution >= 0.6 is 0 Å². The molecule has 1 aliphatic heterocycles. The average Bonchev–Trinajstić information content (AvgIpc) is 2.98. The van der Waals surface area contributed by atoms with Crippen LogP contribution in [0.15, 0.2) is 77.1 Å². The zero-order valence-corrected chi connectivity index (χ0v) is 18.7. The quantitative estimate of drug-likeness (QED) is 0.702. The van der Waals surface area contributed by atoms with Crippen molar-refractivity contribution in [2.24, 2.45) is 4.99 Å². The van der Waals surface area contributed by atoms with Crippen LogP contribution in [0.25, 0.3) is 0 Å². The molecule has 1 amide bonds. The van der Waals surface area contributed by atoms with E-state index in [2.05, 4.69) is 26.5 Å². The number of carbonyl (C=O) groups is 1. The van der Waals surface area contributed by atoms with Crippen LogP contribution in [0, 0.1) is 0 Å². The number of hydrogen-bond donors (Lipinski definition) is 1. The second-order valence-corrected chi connectivity index (χ2v) is 7.81. The monoisotopic (exact) mass is 460 g/mol. The number of anilines is 1. The summed E-state index contributed by atoms with van der Waals surface area (Å²) in [7, 11) is 2.05. The minimum Gasteiger partial charge on any atom is -0.406 e. The van der Waals surface area contributed by atoms with Gasteiger partial charge in [0, 0.05) is 48.4 Å². The Bertz CT molecular complexity index is 1010. The highest BCUT2D eigenvalue weighted by Gasteiger charge is 2.31. The lowest BCUT2D eigenvalue weighted by molar-refractivity contribution is -0.274. The standard InChI is InChI=1S/C24H27F3N4O2/c1-4-28-22-16-18(23(32)31-13-5-12-30(3)14-15-31)6-11-21(22)17(2)29-19-7-9-20(10-8-19)33-24(25,26)27/h4,6-11,16,29H,1,5,12-15H2,2-3H3/b21-17+,28-22-. The smallest absolute Gasteiger partial charge is 0.406 e. The number of ether oxygens (including phenoxy) is 1. The Morgan fingerprint density at radius 3 is 2.55 bits per heavy atom. The average molecular weight is 461 g/mol. The fraction of sp³-hybridized carbons (Fsp3) is 0.333. The van der Waals surface area contributed by atoms with Gasteiger partial charge in [0.15, 0.2) is 0 Å². The van der Waals surface area contributed by atoms with E-state index in [-0.39, 0.29) is 11.7 Å². The first-order valence-corrected chi connectivity index (χ1v) is 10.6. The van der Waals surface area contributed by atoms with E-state index >= 15 is 0 Å². The van der Waals surface area contributed by atoms with Crippen molar-refractivity contribution in [2.75, 3.05) is 38.5 Å². The second kappa shape index (κ2) is 10.5. The van der Waals surface area contributed by atoms with Gasteiger partial charge >= 0.3 is 6.36 Å². The third kappa shape index (κ3) is 6.82. The maximum Gasteiger partial charge on any atom is 0.573 e. The molecule has 0 unspecified atom stereocenters. The van der Waals surface area contributed by atoms with E-state index in [0.29, 0.717) is 30.1 Å². The van der Waals surface area contributed by atoms with Crippen LogP contribution in [0.5, 0.6) is 5.75 Å². The number of carbonyl (C=O) groups excluding carboxylic acids is 1. The molecule has 9 heteroatoms. The molecule has 1 heterocycles. The summed E-state index contributed by atoms with van der Waals surface area (Å²) in [6.45, 7) is 8.66. The number of alkyl halides is 3. The number of aliphatic imine (C=N–C) groups is 1. The highest BCUT2D eigenvalue weighted by atomic mass is 19.4. The summed E-state index contributed by atoms with van der Waals surface area (Å²) < 4.78 is 40.9. The molecule has 0 saturated carbocycles. The number of allylic oxidation sites excluding steroid dienone is 4. The number of rotatable bonds is 5. The molecule has 0 radical (unpaired) electrons. The molecule has 1 aliphatic carbocycles. The zero-order chi connectivity index (χ0) is 24.0. The molecule has 2 aliphatic rings. The number of hydrogen-bond acceptors (Lipinski definition) is 5. The summed E-state index contributed by atoms with van der Waals surface area (Å²) in [6.07, 6.45) is 2.90. The van der Waals surface area contributed by atoms with Crippen molar-refractivity contribution in [1.82, 2.24) is 9.80 Å². The Labute approximate surface area is 191 Å². The largest absolute Gasteiger partial charge is 0.573 e. The number of halogens is 3. The number of nitrogens with zero attached hydrogens (tertiary/aromatic N) is 3. The van der Waals surface area contributed by atoms with Gasteiger partial charge in [-0.3, -0.25) is 9.79 Å². The van der Waals surface area contributed by atoms with Gasteiger partial charge < -0.3 is 19.9 Å². The highest BCUT2D eigenvalue weighted by Crippen LogP contribution is 2.26. The summed E-state index contributed by atoms with van der Waals surface area (Å²) in [5.74, 6) is -0.334. The molecule has 0 spiro atoms. The number of likely N-dealkylation sites (N-methyl/N-ethyl adjacent to an activating group) is 1. The SMILES string of the molecule is C=C/N=C1/C=C(C(=O)N2CCCN(C)CC2)C=C/C1=C(/C)Nc1ccc(OC(F)(F)F)cc1. The van der Waals surface area contributed by atoms with Crippen molar-refractivity contribution < 1.29 is 22.7 Å². The van der Waals surface area contributed by atoms with Crippen LogP contribution in [0.2, 0.25) is 0 Å². The number of nitrogens with one attached hydrogen (secondary N) is 1. The van der Waals surface area contributed by atoms with Crippen molar-refractivity contribution in [3.05, 3.63) is 72.1 Å². The molecule has 1 aromatic carbocycles. The van der Waals surface area contributed by atoms with E-state index in [4.69, 9.17) is 0 Å². The van der Waals surface area contributed by atoms with E-state index in [9.17, 15) is 18.0 Å². The van der Waals surface area contributed by atoms with Crippen molar-refractivity contribution in [2.45, 2.75) is 19.7 Å².